The number of amides is 1. The third-order valence-corrected chi connectivity index (χ3v) is 2.56. The van der Waals surface area contributed by atoms with Crippen molar-refractivity contribution in [3.63, 3.8) is 0 Å². The summed E-state index contributed by atoms with van der Waals surface area (Å²) in [6.45, 7) is -3.04. The summed E-state index contributed by atoms with van der Waals surface area (Å²) in [6.07, 6.45) is 0. The molecule has 2 aromatic carbocycles. The van der Waals surface area contributed by atoms with Crippen LogP contribution in [0.15, 0.2) is 42.5 Å². The molecule has 2 rings (SSSR count). The monoisotopic (exact) mass is 297 g/mol. The predicted molar refractivity (Wildman–Crippen MR) is 69.1 cm³/mol. The molecule has 4 nitrogen and oxygen atoms in total. The lowest BCUT2D eigenvalue weighted by molar-refractivity contribution is -0.0493. The summed E-state index contributed by atoms with van der Waals surface area (Å²) in [5.41, 5.74) is -0.185. The van der Waals surface area contributed by atoms with Crippen molar-refractivity contribution in [1.29, 1.82) is 0 Å². The minimum absolute atomic E-state index is 0.00604. The highest BCUT2D eigenvalue weighted by Crippen LogP contribution is 2.27. The van der Waals surface area contributed by atoms with E-state index in [2.05, 4.69) is 10.1 Å². The number of anilines is 1. The van der Waals surface area contributed by atoms with Gasteiger partial charge in [0.05, 0.1) is 11.3 Å². The van der Waals surface area contributed by atoms with Gasteiger partial charge in [0.25, 0.3) is 5.91 Å². The zero-order valence-corrected chi connectivity index (χ0v) is 10.5. The first-order chi connectivity index (χ1) is 9.97. The van der Waals surface area contributed by atoms with Crippen molar-refractivity contribution < 1.29 is 27.8 Å². The van der Waals surface area contributed by atoms with Gasteiger partial charge in [0.2, 0.25) is 0 Å². The zero-order chi connectivity index (χ0) is 15.4. The Kier molecular flexibility index (Phi) is 4.32. The second-order valence-corrected chi connectivity index (χ2v) is 3.99. The molecular weight excluding hydrogens is 287 g/mol. The van der Waals surface area contributed by atoms with Crippen LogP contribution in [-0.4, -0.2) is 17.6 Å². The molecule has 0 aromatic heterocycles. The fourth-order valence-electron chi connectivity index (χ4n) is 1.66. The van der Waals surface area contributed by atoms with E-state index in [1.165, 1.54) is 24.3 Å². The van der Waals surface area contributed by atoms with Crippen LogP contribution in [0.3, 0.4) is 0 Å². The van der Waals surface area contributed by atoms with Gasteiger partial charge in [-0.2, -0.15) is 8.78 Å². The first-order valence-corrected chi connectivity index (χ1v) is 5.81. The van der Waals surface area contributed by atoms with Gasteiger partial charge in [-0.25, -0.2) is 4.39 Å². The van der Waals surface area contributed by atoms with E-state index in [-0.39, 0.29) is 17.0 Å². The Morgan fingerprint density at radius 1 is 1.19 bits per heavy atom. The maximum absolute atomic E-state index is 12.9. The number of ether oxygens (including phenoxy) is 1. The molecule has 0 aliphatic carbocycles. The van der Waals surface area contributed by atoms with Gasteiger partial charge in [0.15, 0.2) is 0 Å². The molecule has 1 amide bonds. The highest BCUT2D eigenvalue weighted by molar-refractivity contribution is 6.06. The summed E-state index contributed by atoms with van der Waals surface area (Å²) >= 11 is 0. The molecule has 0 heterocycles. The van der Waals surface area contributed by atoms with Gasteiger partial charge in [0, 0.05) is 6.07 Å². The first kappa shape index (κ1) is 14.7. The summed E-state index contributed by atoms with van der Waals surface area (Å²) in [5, 5.41) is 11.8. The molecule has 0 spiro atoms. The molecule has 2 aromatic rings. The SMILES string of the molecule is O=C(Nc1ccccc1OC(F)F)c1ccc(F)cc1O. The maximum atomic E-state index is 12.9. The summed E-state index contributed by atoms with van der Waals surface area (Å²) in [7, 11) is 0. The highest BCUT2D eigenvalue weighted by atomic mass is 19.3. The quantitative estimate of drug-likeness (QED) is 0.909. The molecule has 0 aliphatic rings. The summed E-state index contributed by atoms with van der Waals surface area (Å²) < 4.78 is 41.6. The number of hydrogen-bond acceptors (Lipinski definition) is 3. The van der Waals surface area contributed by atoms with E-state index in [0.29, 0.717) is 0 Å². The van der Waals surface area contributed by atoms with Crippen LogP contribution < -0.4 is 10.1 Å². The van der Waals surface area contributed by atoms with Gasteiger partial charge in [-0.3, -0.25) is 4.79 Å². The average Bonchev–Trinajstić information content (AvgIpc) is 2.40. The Hall–Kier alpha value is -2.70. The Morgan fingerprint density at radius 3 is 2.57 bits per heavy atom. The lowest BCUT2D eigenvalue weighted by Gasteiger charge is -2.12. The molecule has 7 heteroatoms. The van der Waals surface area contributed by atoms with E-state index in [1.807, 2.05) is 0 Å². The number of para-hydroxylation sites is 2. The summed E-state index contributed by atoms with van der Waals surface area (Å²) in [4.78, 5) is 11.9. The largest absolute Gasteiger partial charge is 0.507 e. The van der Waals surface area contributed by atoms with Gasteiger partial charge < -0.3 is 15.2 Å². The van der Waals surface area contributed by atoms with Crippen molar-refractivity contribution in [2.45, 2.75) is 6.61 Å². The van der Waals surface area contributed by atoms with E-state index in [1.54, 1.807) is 0 Å². The van der Waals surface area contributed by atoms with Crippen molar-refractivity contribution in [1.82, 2.24) is 0 Å². The van der Waals surface area contributed by atoms with Crippen LogP contribution in [0.1, 0.15) is 10.4 Å². The van der Waals surface area contributed by atoms with Crippen LogP contribution >= 0.6 is 0 Å². The van der Waals surface area contributed by atoms with Crippen molar-refractivity contribution in [2.24, 2.45) is 0 Å². The molecule has 110 valence electrons. The van der Waals surface area contributed by atoms with E-state index in [0.717, 1.165) is 18.2 Å². The number of nitrogens with one attached hydrogen (secondary N) is 1. The van der Waals surface area contributed by atoms with Gasteiger partial charge >= 0.3 is 6.61 Å². The topological polar surface area (TPSA) is 58.6 Å². The predicted octanol–water partition coefficient (Wildman–Crippen LogP) is 3.39. The van der Waals surface area contributed by atoms with Gasteiger partial charge in [-0.15, -0.1) is 0 Å². The van der Waals surface area contributed by atoms with Crippen LogP contribution in [0.4, 0.5) is 18.9 Å². The van der Waals surface area contributed by atoms with Crippen molar-refractivity contribution in [3.05, 3.63) is 53.8 Å². The van der Waals surface area contributed by atoms with E-state index in [9.17, 15) is 23.1 Å². The minimum atomic E-state index is -3.04. The van der Waals surface area contributed by atoms with Crippen molar-refractivity contribution >= 4 is 11.6 Å². The molecule has 0 aliphatic heterocycles. The number of carbonyl (C=O) groups is 1. The first-order valence-electron chi connectivity index (χ1n) is 5.81. The normalized spacial score (nSPS) is 10.5. The third kappa shape index (κ3) is 3.65. The van der Waals surface area contributed by atoms with E-state index >= 15 is 0 Å². The molecule has 0 atom stereocenters. The van der Waals surface area contributed by atoms with Crippen LogP contribution in [0.2, 0.25) is 0 Å². The number of phenols is 1. The Labute approximate surface area is 117 Å². The molecule has 0 unspecified atom stereocenters. The number of phenolic OH excluding ortho intramolecular Hbond substituents is 1. The van der Waals surface area contributed by atoms with E-state index < -0.39 is 24.1 Å². The number of benzene rings is 2. The van der Waals surface area contributed by atoms with Gasteiger partial charge in [0.1, 0.15) is 17.3 Å². The van der Waals surface area contributed by atoms with Crippen LogP contribution in [0.25, 0.3) is 0 Å². The number of carbonyl (C=O) groups excluding carboxylic acids is 1. The fourth-order valence-corrected chi connectivity index (χ4v) is 1.66. The molecule has 0 saturated heterocycles. The van der Waals surface area contributed by atoms with Gasteiger partial charge in [-0.05, 0) is 24.3 Å². The van der Waals surface area contributed by atoms with Crippen LogP contribution in [-0.2, 0) is 0 Å². The molecule has 0 fully saturated rings. The summed E-state index contributed by atoms with van der Waals surface area (Å²) in [6, 6.07) is 8.44. The van der Waals surface area contributed by atoms with E-state index in [4.69, 9.17) is 0 Å². The van der Waals surface area contributed by atoms with Gasteiger partial charge in [-0.1, -0.05) is 12.1 Å². The second-order valence-electron chi connectivity index (χ2n) is 3.99. The molecule has 21 heavy (non-hydrogen) atoms. The average molecular weight is 297 g/mol. The minimum Gasteiger partial charge on any atom is -0.507 e. The number of aromatic hydroxyl groups is 1. The zero-order valence-electron chi connectivity index (χ0n) is 10.5. The number of rotatable bonds is 4. The molecule has 0 radical (unpaired) electrons. The van der Waals surface area contributed by atoms with Crippen molar-refractivity contribution in [3.8, 4) is 11.5 Å². The number of alkyl halides is 2. The van der Waals surface area contributed by atoms with Crippen LogP contribution in [0.5, 0.6) is 11.5 Å². The fraction of sp³-hybridized carbons (Fsp3) is 0.0714. The Bertz CT molecular complexity index is 662. The molecule has 0 saturated carbocycles. The molecule has 0 bridgehead atoms. The van der Waals surface area contributed by atoms with Crippen molar-refractivity contribution in [2.75, 3.05) is 5.32 Å². The van der Waals surface area contributed by atoms with Crippen LogP contribution in [0, 0.1) is 5.82 Å². The number of hydrogen-bond donors (Lipinski definition) is 2. The lowest BCUT2D eigenvalue weighted by atomic mass is 10.1. The Morgan fingerprint density at radius 2 is 1.90 bits per heavy atom. The summed E-state index contributed by atoms with van der Waals surface area (Å²) in [5.74, 6) is -2.26. The molecule has 2 N–H and O–H groups in total. The number of halogens is 3. The Balaban J connectivity index is 2.23. The maximum Gasteiger partial charge on any atom is 0.387 e. The second kappa shape index (κ2) is 6.17. The highest BCUT2D eigenvalue weighted by Gasteiger charge is 2.15. The molecular formula is C14H10F3NO3. The lowest BCUT2D eigenvalue weighted by Crippen LogP contribution is -2.14. The standard InChI is InChI=1S/C14H10F3NO3/c15-8-5-6-9(11(19)7-8)13(20)18-10-3-1-2-4-12(10)21-14(16)17/h1-7,14,19H,(H,18,20). The smallest absolute Gasteiger partial charge is 0.387 e. The third-order valence-electron chi connectivity index (χ3n) is 2.56.